The van der Waals surface area contributed by atoms with Crippen molar-refractivity contribution >= 4 is 17.5 Å². The fraction of sp³-hybridized carbons (Fsp3) is 0.781. The predicted molar refractivity (Wildman–Crippen MR) is 143 cm³/mol. The third-order valence-electron chi connectivity index (χ3n) is 11.5. The van der Waals surface area contributed by atoms with E-state index in [0.717, 1.165) is 44.1 Å². The molecule has 1 aliphatic heterocycles. The number of aliphatic hydroxyl groups excluding tert-OH is 1. The molecule has 6 rings (SSSR count). The molecule has 39 heavy (non-hydrogen) atoms. The van der Waals surface area contributed by atoms with Gasteiger partial charge >= 0.3 is 5.97 Å². The van der Waals surface area contributed by atoms with Crippen molar-refractivity contribution in [3.05, 3.63) is 23.8 Å². The number of hydrogen-bond donors (Lipinski definition) is 1. The van der Waals surface area contributed by atoms with Gasteiger partial charge in [0, 0.05) is 22.7 Å². The lowest BCUT2D eigenvalue weighted by Crippen LogP contribution is -2.63. The van der Waals surface area contributed by atoms with Crippen molar-refractivity contribution in [3.8, 4) is 0 Å². The van der Waals surface area contributed by atoms with Crippen LogP contribution in [0.4, 0.5) is 0 Å². The van der Waals surface area contributed by atoms with Crippen molar-refractivity contribution in [2.75, 3.05) is 6.61 Å². The van der Waals surface area contributed by atoms with E-state index in [1.807, 2.05) is 6.08 Å². The summed E-state index contributed by atoms with van der Waals surface area (Å²) in [6, 6.07) is 0. The Kier molecular flexibility index (Phi) is 6.75. The number of rotatable bonds is 5. The smallest absolute Gasteiger partial charge is 0.308 e. The SMILES string of the molecule is CC(C)C(=O)OCC(=O)C12OC(C3CCCCC3)O[C@H]1C[C@@H]1[C@@H]3CCC4=CC(=O)C=C[C@]4(C)[C@@H]3[C@@H](O)C[C@@]12C. The maximum atomic E-state index is 14.2. The minimum Gasteiger partial charge on any atom is -0.457 e. The fourth-order valence-electron chi connectivity index (χ4n) is 9.62. The van der Waals surface area contributed by atoms with E-state index in [9.17, 15) is 19.5 Å². The van der Waals surface area contributed by atoms with Gasteiger partial charge in [-0.05, 0) is 62.5 Å². The number of allylic oxidation sites excluding steroid dienone is 4. The first-order valence-electron chi connectivity index (χ1n) is 15.2. The van der Waals surface area contributed by atoms with Gasteiger partial charge in [-0.1, -0.05) is 58.6 Å². The molecule has 0 aromatic rings. The zero-order chi connectivity index (χ0) is 27.7. The number of esters is 1. The van der Waals surface area contributed by atoms with Gasteiger partial charge in [0.05, 0.1) is 18.1 Å². The molecule has 7 nitrogen and oxygen atoms in total. The number of carbonyl (C=O) groups is 3. The predicted octanol–water partition coefficient (Wildman–Crippen LogP) is 4.70. The number of hydrogen-bond acceptors (Lipinski definition) is 7. The second-order valence-corrected chi connectivity index (χ2v) is 13.9. The third-order valence-corrected chi connectivity index (χ3v) is 11.5. The van der Waals surface area contributed by atoms with Crippen LogP contribution in [0.2, 0.25) is 0 Å². The lowest BCUT2D eigenvalue weighted by Gasteiger charge is -2.59. The van der Waals surface area contributed by atoms with Gasteiger partial charge in [-0.15, -0.1) is 0 Å². The summed E-state index contributed by atoms with van der Waals surface area (Å²) in [5.41, 5.74) is -1.19. The molecule has 0 radical (unpaired) electrons. The van der Waals surface area contributed by atoms with Gasteiger partial charge in [-0.2, -0.15) is 0 Å². The molecule has 0 amide bonds. The molecule has 7 heteroatoms. The molecule has 5 aliphatic carbocycles. The molecule has 1 saturated heterocycles. The number of Topliss-reactive ketones (excluding diaryl/α,β-unsaturated/α-hetero) is 1. The second kappa shape index (κ2) is 9.63. The molecule has 0 aromatic carbocycles. The van der Waals surface area contributed by atoms with E-state index < -0.39 is 35.5 Å². The molecule has 5 fully saturated rings. The van der Waals surface area contributed by atoms with Gasteiger partial charge in [-0.3, -0.25) is 14.4 Å². The molecular weight excluding hydrogens is 496 g/mol. The second-order valence-electron chi connectivity index (χ2n) is 13.9. The van der Waals surface area contributed by atoms with E-state index in [-0.39, 0.29) is 53.2 Å². The standard InChI is InChI=1S/C32H44O7/c1-18(2)28(36)37-17-25(35)32-26(38-29(39-32)19-8-6-5-7-9-19)15-23-22-11-10-20-14-21(33)12-13-30(20,3)27(22)24(34)16-31(23,32)4/h12-14,18-19,22-24,26-27,29,34H,5-11,15-17H2,1-4H3/t22-,23+,24-,26-,27-,29?,30-,31-,32?/m0/s1. The summed E-state index contributed by atoms with van der Waals surface area (Å²) < 4.78 is 19.0. The van der Waals surface area contributed by atoms with Gasteiger partial charge in [0.2, 0.25) is 5.78 Å². The van der Waals surface area contributed by atoms with Crippen LogP contribution in [0, 0.1) is 40.4 Å². The number of aliphatic hydroxyl groups is 1. The fourth-order valence-corrected chi connectivity index (χ4v) is 9.62. The van der Waals surface area contributed by atoms with E-state index in [1.54, 1.807) is 26.0 Å². The van der Waals surface area contributed by atoms with E-state index in [2.05, 4.69) is 13.8 Å². The Labute approximate surface area is 231 Å². The van der Waals surface area contributed by atoms with Gasteiger partial charge in [0.15, 0.2) is 24.3 Å². The van der Waals surface area contributed by atoms with Crippen molar-refractivity contribution in [1.29, 1.82) is 0 Å². The quantitative estimate of drug-likeness (QED) is 0.505. The van der Waals surface area contributed by atoms with Gasteiger partial charge in [0.1, 0.15) is 0 Å². The molecule has 0 aromatic heterocycles. The average molecular weight is 541 g/mol. The monoisotopic (exact) mass is 540 g/mol. The zero-order valence-electron chi connectivity index (χ0n) is 23.8. The largest absolute Gasteiger partial charge is 0.457 e. The topological polar surface area (TPSA) is 99.1 Å². The van der Waals surface area contributed by atoms with Crippen LogP contribution in [0.1, 0.15) is 85.5 Å². The Hall–Kier alpha value is -1.83. The number of fused-ring (bicyclic) bond motifs is 7. The van der Waals surface area contributed by atoms with E-state index in [4.69, 9.17) is 14.2 Å². The van der Waals surface area contributed by atoms with Crippen LogP contribution in [0.3, 0.4) is 0 Å². The minimum atomic E-state index is -1.25. The summed E-state index contributed by atoms with van der Waals surface area (Å²) in [4.78, 5) is 38.7. The van der Waals surface area contributed by atoms with Crippen molar-refractivity contribution in [3.63, 3.8) is 0 Å². The lowest BCUT2D eigenvalue weighted by molar-refractivity contribution is -0.210. The Bertz CT molecular complexity index is 1100. The number of ether oxygens (including phenoxy) is 3. The molecule has 4 saturated carbocycles. The summed E-state index contributed by atoms with van der Waals surface area (Å²) in [6.07, 6.45) is 12.2. The van der Waals surface area contributed by atoms with Crippen LogP contribution in [0.5, 0.6) is 0 Å². The number of ketones is 2. The molecule has 0 spiro atoms. The highest BCUT2D eigenvalue weighted by Crippen LogP contribution is 2.70. The summed E-state index contributed by atoms with van der Waals surface area (Å²) in [5.74, 6) is -0.471. The number of carbonyl (C=O) groups excluding carboxylic acids is 3. The molecule has 1 heterocycles. The van der Waals surface area contributed by atoms with Crippen LogP contribution in [-0.2, 0) is 28.6 Å². The van der Waals surface area contributed by atoms with Gasteiger partial charge in [0.25, 0.3) is 0 Å². The summed E-state index contributed by atoms with van der Waals surface area (Å²) in [6.45, 7) is 7.44. The van der Waals surface area contributed by atoms with Crippen molar-refractivity contribution in [2.45, 2.75) is 110 Å². The first kappa shape index (κ1) is 27.3. The summed E-state index contributed by atoms with van der Waals surface area (Å²) >= 11 is 0. The molecular formula is C32H44O7. The lowest BCUT2D eigenvalue weighted by atomic mass is 9.46. The Morgan fingerprint density at radius 2 is 1.90 bits per heavy atom. The molecule has 1 N–H and O–H groups in total. The normalized spacial score (nSPS) is 45.3. The van der Waals surface area contributed by atoms with Crippen molar-refractivity contribution in [2.24, 2.45) is 40.4 Å². The molecule has 214 valence electrons. The summed E-state index contributed by atoms with van der Waals surface area (Å²) in [7, 11) is 0. The Morgan fingerprint density at radius 1 is 1.15 bits per heavy atom. The highest BCUT2D eigenvalue weighted by atomic mass is 16.7. The first-order chi connectivity index (χ1) is 18.5. The Balaban J connectivity index is 1.35. The maximum absolute atomic E-state index is 14.2. The van der Waals surface area contributed by atoms with Gasteiger partial charge < -0.3 is 19.3 Å². The van der Waals surface area contributed by atoms with Gasteiger partial charge in [-0.25, -0.2) is 0 Å². The molecule has 2 unspecified atom stereocenters. The van der Waals surface area contributed by atoms with Crippen LogP contribution < -0.4 is 0 Å². The minimum absolute atomic E-state index is 0.0162. The highest BCUT2D eigenvalue weighted by molar-refractivity contribution is 6.01. The van der Waals surface area contributed by atoms with Crippen LogP contribution in [0.25, 0.3) is 0 Å². The van der Waals surface area contributed by atoms with E-state index >= 15 is 0 Å². The first-order valence-corrected chi connectivity index (χ1v) is 15.2. The average Bonchev–Trinajstić information content (AvgIpc) is 3.41. The van der Waals surface area contributed by atoms with Crippen molar-refractivity contribution < 1.29 is 33.7 Å². The third kappa shape index (κ3) is 3.97. The Morgan fingerprint density at radius 3 is 2.62 bits per heavy atom. The maximum Gasteiger partial charge on any atom is 0.308 e. The molecule has 0 bridgehead atoms. The molecule has 9 atom stereocenters. The van der Waals surface area contributed by atoms with Crippen LogP contribution in [-0.4, -0.2) is 53.3 Å². The van der Waals surface area contributed by atoms with Crippen LogP contribution >= 0.6 is 0 Å². The van der Waals surface area contributed by atoms with E-state index in [0.29, 0.717) is 12.8 Å². The van der Waals surface area contributed by atoms with Crippen LogP contribution in [0.15, 0.2) is 23.8 Å². The van der Waals surface area contributed by atoms with E-state index in [1.165, 1.54) is 6.42 Å². The zero-order valence-corrected chi connectivity index (χ0v) is 23.8. The molecule has 6 aliphatic rings. The summed E-state index contributed by atoms with van der Waals surface area (Å²) in [5, 5.41) is 11.9. The van der Waals surface area contributed by atoms with Crippen molar-refractivity contribution in [1.82, 2.24) is 0 Å². The highest BCUT2D eigenvalue weighted by Gasteiger charge is 2.76.